The summed E-state index contributed by atoms with van der Waals surface area (Å²) >= 11 is 0. The van der Waals surface area contributed by atoms with Crippen molar-refractivity contribution in [2.24, 2.45) is 5.73 Å². The third-order valence-corrected chi connectivity index (χ3v) is 2.79. The summed E-state index contributed by atoms with van der Waals surface area (Å²) in [5.74, 6) is 0. The van der Waals surface area contributed by atoms with E-state index in [4.69, 9.17) is 5.73 Å². The lowest BCUT2D eigenvalue weighted by atomic mass is 9.90. The predicted octanol–water partition coefficient (Wildman–Crippen LogP) is 2.83. The average molecular weight is 213 g/mol. The standard InChI is InChI=1S/C12H17F2N/c1-8-5-4-6-10(9(8)2)7-12(3,15)11(13)14/h4-6,11H,7,15H2,1-3H3. The van der Waals surface area contributed by atoms with Gasteiger partial charge in [0, 0.05) is 0 Å². The van der Waals surface area contributed by atoms with Crippen LogP contribution in [0.5, 0.6) is 0 Å². The maximum absolute atomic E-state index is 12.6. The second-order valence-corrected chi connectivity index (χ2v) is 4.34. The Morgan fingerprint density at radius 1 is 1.33 bits per heavy atom. The van der Waals surface area contributed by atoms with Crippen molar-refractivity contribution >= 4 is 0 Å². The van der Waals surface area contributed by atoms with E-state index in [1.165, 1.54) is 6.92 Å². The highest BCUT2D eigenvalue weighted by Gasteiger charge is 2.30. The van der Waals surface area contributed by atoms with Crippen LogP contribution in [0.4, 0.5) is 8.78 Å². The Morgan fingerprint density at radius 3 is 2.47 bits per heavy atom. The highest BCUT2D eigenvalue weighted by atomic mass is 19.3. The third-order valence-electron chi connectivity index (χ3n) is 2.79. The van der Waals surface area contributed by atoms with E-state index < -0.39 is 12.0 Å². The van der Waals surface area contributed by atoms with Crippen LogP contribution in [-0.4, -0.2) is 12.0 Å². The highest BCUT2D eigenvalue weighted by molar-refractivity contribution is 5.34. The summed E-state index contributed by atoms with van der Waals surface area (Å²) in [6, 6.07) is 5.70. The van der Waals surface area contributed by atoms with Gasteiger partial charge >= 0.3 is 0 Å². The molecule has 0 aliphatic heterocycles. The largest absolute Gasteiger partial charge is 0.320 e. The van der Waals surface area contributed by atoms with Crippen molar-refractivity contribution in [3.63, 3.8) is 0 Å². The van der Waals surface area contributed by atoms with Gasteiger partial charge in [0.05, 0.1) is 5.54 Å². The Bertz CT molecular complexity index is 345. The molecule has 0 bridgehead atoms. The molecule has 0 heterocycles. The Balaban J connectivity index is 2.95. The van der Waals surface area contributed by atoms with E-state index in [9.17, 15) is 8.78 Å². The summed E-state index contributed by atoms with van der Waals surface area (Å²) in [6.07, 6.45) is -2.30. The molecule has 1 aromatic rings. The smallest absolute Gasteiger partial charge is 0.256 e. The molecule has 0 aromatic heterocycles. The number of aryl methyl sites for hydroxylation is 1. The molecule has 84 valence electrons. The van der Waals surface area contributed by atoms with Crippen molar-refractivity contribution in [1.82, 2.24) is 0 Å². The van der Waals surface area contributed by atoms with Crippen LogP contribution in [0, 0.1) is 13.8 Å². The number of benzene rings is 1. The summed E-state index contributed by atoms with van der Waals surface area (Å²) in [7, 11) is 0. The molecule has 1 rings (SSSR count). The second-order valence-electron chi connectivity index (χ2n) is 4.34. The van der Waals surface area contributed by atoms with Gasteiger partial charge in [0.25, 0.3) is 6.43 Å². The van der Waals surface area contributed by atoms with Gasteiger partial charge in [-0.05, 0) is 43.9 Å². The van der Waals surface area contributed by atoms with Crippen molar-refractivity contribution in [2.75, 3.05) is 0 Å². The van der Waals surface area contributed by atoms with Gasteiger partial charge in [-0.1, -0.05) is 18.2 Å². The fourth-order valence-corrected chi connectivity index (χ4v) is 1.49. The Kier molecular flexibility index (Phi) is 3.45. The van der Waals surface area contributed by atoms with Gasteiger partial charge < -0.3 is 5.73 Å². The van der Waals surface area contributed by atoms with E-state index in [1.54, 1.807) is 0 Å². The van der Waals surface area contributed by atoms with Gasteiger partial charge in [0.2, 0.25) is 0 Å². The number of hydrogen-bond acceptors (Lipinski definition) is 1. The molecule has 0 aliphatic carbocycles. The summed E-state index contributed by atoms with van der Waals surface area (Å²) in [5, 5.41) is 0. The quantitative estimate of drug-likeness (QED) is 0.821. The van der Waals surface area contributed by atoms with Gasteiger partial charge in [-0.25, -0.2) is 8.78 Å². The number of hydrogen-bond donors (Lipinski definition) is 1. The molecule has 2 N–H and O–H groups in total. The lowest BCUT2D eigenvalue weighted by Gasteiger charge is -2.24. The summed E-state index contributed by atoms with van der Waals surface area (Å²) < 4.78 is 25.2. The maximum Gasteiger partial charge on any atom is 0.256 e. The van der Waals surface area contributed by atoms with Crippen LogP contribution in [-0.2, 0) is 6.42 Å². The highest BCUT2D eigenvalue weighted by Crippen LogP contribution is 2.21. The minimum atomic E-state index is -2.50. The first-order valence-electron chi connectivity index (χ1n) is 4.96. The first kappa shape index (κ1) is 12.1. The topological polar surface area (TPSA) is 26.0 Å². The van der Waals surface area contributed by atoms with Gasteiger partial charge in [0.15, 0.2) is 0 Å². The first-order valence-corrected chi connectivity index (χ1v) is 4.96. The van der Waals surface area contributed by atoms with E-state index in [-0.39, 0.29) is 6.42 Å². The second kappa shape index (κ2) is 4.27. The van der Waals surface area contributed by atoms with Crippen molar-refractivity contribution in [3.8, 4) is 0 Å². The minimum Gasteiger partial charge on any atom is -0.320 e. The zero-order chi connectivity index (χ0) is 11.6. The molecule has 0 amide bonds. The monoisotopic (exact) mass is 213 g/mol. The van der Waals surface area contributed by atoms with Crippen LogP contribution in [0.3, 0.4) is 0 Å². The van der Waals surface area contributed by atoms with Crippen LogP contribution >= 0.6 is 0 Å². The van der Waals surface area contributed by atoms with Crippen LogP contribution in [0.2, 0.25) is 0 Å². The molecule has 0 radical (unpaired) electrons. The molecule has 1 unspecified atom stereocenters. The Morgan fingerprint density at radius 2 is 1.93 bits per heavy atom. The molecule has 0 aliphatic rings. The molecule has 0 spiro atoms. The van der Waals surface area contributed by atoms with Crippen molar-refractivity contribution in [1.29, 1.82) is 0 Å². The predicted molar refractivity (Wildman–Crippen MR) is 58.2 cm³/mol. The molecule has 0 saturated carbocycles. The van der Waals surface area contributed by atoms with Crippen molar-refractivity contribution < 1.29 is 8.78 Å². The zero-order valence-electron chi connectivity index (χ0n) is 9.35. The molecule has 1 nitrogen and oxygen atoms in total. The molecule has 0 fully saturated rings. The van der Waals surface area contributed by atoms with Gasteiger partial charge in [-0.2, -0.15) is 0 Å². The van der Waals surface area contributed by atoms with E-state index in [1.807, 2.05) is 32.0 Å². The zero-order valence-corrected chi connectivity index (χ0v) is 9.35. The SMILES string of the molecule is Cc1cccc(CC(C)(N)C(F)F)c1C. The number of rotatable bonds is 3. The summed E-state index contributed by atoms with van der Waals surface area (Å²) in [5.41, 5.74) is 7.18. The normalized spacial score (nSPS) is 15.4. The lowest BCUT2D eigenvalue weighted by Crippen LogP contribution is -2.46. The number of alkyl halides is 2. The molecule has 0 saturated heterocycles. The van der Waals surface area contributed by atoms with E-state index >= 15 is 0 Å². The Labute approximate surface area is 89.3 Å². The van der Waals surface area contributed by atoms with Gasteiger partial charge in [-0.3, -0.25) is 0 Å². The van der Waals surface area contributed by atoms with Gasteiger partial charge in [0.1, 0.15) is 0 Å². The van der Waals surface area contributed by atoms with Crippen molar-refractivity contribution in [3.05, 3.63) is 34.9 Å². The average Bonchev–Trinajstić information content (AvgIpc) is 2.12. The molecular formula is C12H17F2N. The fraction of sp³-hybridized carbons (Fsp3) is 0.500. The summed E-state index contributed by atoms with van der Waals surface area (Å²) in [4.78, 5) is 0. The number of nitrogens with two attached hydrogens (primary N) is 1. The molecular weight excluding hydrogens is 196 g/mol. The lowest BCUT2D eigenvalue weighted by molar-refractivity contribution is 0.0638. The van der Waals surface area contributed by atoms with E-state index in [0.717, 1.165) is 16.7 Å². The maximum atomic E-state index is 12.6. The molecule has 1 aromatic carbocycles. The van der Waals surface area contributed by atoms with Gasteiger partial charge in [-0.15, -0.1) is 0 Å². The first-order chi connectivity index (χ1) is 6.84. The molecule has 15 heavy (non-hydrogen) atoms. The minimum absolute atomic E-state index is 0.207. The van der Waals surface area contributed by atoms with Crippen LogP contribution in [0.15, 0.2) is 18.2 Å². The van der Waals surface area contributed by atoms with Crippen LogP contribution < -0.4 is 5.73 Å². The molecule has 1 atom stereocenters. The van der Waals surface area contributed by atoms with Crippen LogP contribution in [0.25, 0.3) is 0 Å². The third kappa shape index (κ3) is 2.75. The van der Waals surface area contributed by atoms with Crippen molar-refractivity contribution in [2.45, 2.75) is 39.2 Å². The van der Waals surface area contributed by atoms with Crippen LogP contribution in [0.1, 0.15) is 23.6 Å². The summed E-state index contributed by atoms with van der Waals surface area (Å²) in [6.45, 7) is 5.29. The van der Waals surface area contributed by atoms with E-state index in [2.05, 4.69) is 0 Å². The van der Waals surface area contributed by atoms with E-state index in [0.29, 0.717) is 0 Å². The molecule has 3 heteroatoms. The Hall–Kier alpha value is -0.960. The fourth-order valence-electron chi connectivity index (χ4n) is 1.49. The number of halogens is 2.